The number of aromatic nitrogens is 2. The molecule has 3 aromatic rings. The van der Waals surface area contributed by atoms with Crippen LogP contribution in [-0.2, 0) is 17.8 Å². The summed E-state index contributed by atoms with van der Waals surface area (Å²) in [7, 11) is 0. The molecule has 2 heterocycles. The summed E-state index contributed by atoms with van der Waals surface area (Å²) in [5.41, 5.74) is 1.57. The van der Waals surface area contributed by atoms with Gasteiger partial charge < -0.3 is 18.8 Å². The predicted molar refractivity (Wildman–Crippen MR) is 109 cm³/mol. The standard InChI is InChI=1S/C22H20ClN3O4/c23-17-4-2-1-3-16(17)22-25-24-20(30-22)13-26(15-6-7-15)21(27)12-14-5-8-18-19(11-14)29-10-9-28-18/h1-5,8,11,15H,6-7,9-10,12-13H2. The zero-order valence-electron chi connectivity index (χ0n) is 16.2. The summed E-state index contributed by atoms with van der Waals surface area (Å²) in [6.45, 7) is 1.34. The molecule has 0 atom stereocenters. The van der Waals surface area contributed by atoms with Gasteiger partial charge in [0.1, 0.15) is 13.2 Å². The Balaban J connectivity index is 1.30. The van der Waals surface area contributed by atoms with Crippen LogP contribution in [0.3, 0.4) is 0 Å². The van der Waals surface area contributed by atoms with Crippen LogP contribution < -0.4 is 9.47 Å². The van der Waals surface area contributed by atoms with Gasteiger partial charge in [0.2, 0.25) is 17.7 Å². The number of ether oxygens (including phenoxy) is 2. The Hall–Kier alpha value is -3.06. The molecule has 8 heteroatoms. The first-order valence-corrected chi connectivity index (χ1v) is 10.3. The predicted octanol–water partition coefficient (Wildman–Crippen LogP) is 3.89. The number of amides is 1. The molecule has 0 bridgehead atoms. The van der Waals surface area contributed by atoms with Crippen LogP contribution in [0.2, 0.25) is 5.02 Å². The van der Waals surface area contributed by atoms with Gasteiger partial charge in [0.05, 0.1) is 23.6 Å². The average molecular weight is 426 g/mol. The van der Waals surface area contributed by atoms with E-state index in [0.29, 0.717) is 41.3 Å². The maximum absolute atomic E-state index is 13.0. The Bertz CT molecular complexity index is 1080. The zero-order valence-corrected chi connectivity index (χ0v) is 17.0. The maximum Gasteiger partial charge on any atom is 0.249 e. The molecular weight excluding hydrogens is 406 g/mol. The lowest BCUT2D eigenvalue weighted by Gasteiger charge is -2.22. The Morgan fingerprint density at radius 3 is 2.67 bits per heavy atom. The van der Waals surface area contributed by atoms with Crippen LogP contribution in [0, 0.1) is 0 Å². The van der Waals surface area contributed by atoms with E-state index in [-0.39, 0.29) is 24.9 Å². The van der Waals surface area contributed by atoms with Gasteiger partial charge in [-0.1, -0.05) is 29.8 Å². The number of hydrogen-bond acceptors (Lipinski definition) is 6. The molecule has 1 amide bonds. The Labute approximate surface area is 178 Å². The van der Waals surface area contributed by atoms with Crippen molar-refractivity contribution in [3.63, 3.8) is 0 Å². The topological polar surface area (TPSA) is 77.7 Å². The molecule has 2 aliphatic rings. The first-order valence-electron chi connectivity index (χ1n) is 9.92. The lowest BCUT2D eigenvalue weighted by atomic mass is 10.1. The maximum atomic E-state index is 13.0. The van der Waals surface area contributed by atoms with Crippen LogP contribution in [0.1, 0.15) is 24.3 Å². The van der Waals surface area contributed by atoms with E-state index < -0.39 is 0 Å². The summed E-state index contributed by atoms with van der Waals surface area (Å²) in [4.78, 5) is 14.9. The van der Waals surface area contributed by atoms with E-state index >= 15 is 0 Å². The highest BCUT2D eigenvalue weighted by Crippen LogP contribution is 2.33. The third kappa shape index (κ3) is 3.98. The molecule has 154 valence electrons. The molecule has 1 aromatic heterocycles. The number of carbonyl (C=O) groups is 1. The van der Waals surface area contributed by atoms with Crippen LogP contribution in [0.5, 0.6) is 11.5 Å². The molecule has 0 saturated heterocycles. The van der Waals surface area contributed by atoms with Gasteiger partial charge in [-0.05, 0) is 42.7 Å². The van der Waals surface area contributed by atoms with Gasteiger partial charge in [0, 0.05) is 6.04 Å². The normalized spacial score (nSPS) is 15.1. The van der Waals surface area contributed by atoms with Crippen LogP contribution in [0.4, 0.5) is 0 Å². The van der Waals surface area contributed by atoms with E-state index in [1.54, 1.807) is 6.07 Å². The molecule has 5 rings (SSSR count). The molecule has 0 radical (unpaired) electrons. The van der Waals surface area contributed by atoms with Crippen molar-refractivity contribution < 1.29 is 18.7 Å². The second-order valence-electron chi connectivity index (χ2n) is 7.39. The molecule has 0 spiro atoms. The van der Waals surface area contributed by atoms with Gasteiger partial charge in [-0.25, -0.2) is 0 Å². The van der Waals surface area contributed by atoms with Gasteiger partial charge in [-0.2, -0.15) is 0 Å². The van der Waals surface area contributed by atoms with Crippen molar-refractivity contribution >= 4 is 17.5 Å². The number of fused-ring (bicyclic) bond motifs is 1. The SMILES string of the molecule is O=C(Cc1ccc2c(c1)OCCO2)N(Cc1nnc(-c2ccccc2Cl)o1)C1CC1. The average Bonchev–Trinajstić information content (AvgIpc) is 3.50. The molecule has 30 heavy (non-hydrogen) atoms. The fourth-order valence-corrected chi connectivity index (χ4v) is 3.70. The van der Waals surface area contributed by atoms with Crippen LogP contribution in [-0.4, -0.2) is 40.3 Å². The third-order valence-corrected chi connectivity index (χ3v) is 5.48. The summed E-state index contributed by atoms with van der Waals surface area (Å²) >= 11 is 6.21. The molecule has 2 aromatic carbocycles. The Morgan fingerprint density at radius 2 is 1.87 bits per heavy atom. The van der Waals surface area contributed by atoms with Crippen molar-refractivity contribution in [1.29, 1.82) is 0 Å². The Kier molecular flexibility index (Phi) is 5.04. The minimum absolute atomic E-state index is 0.0201. The van der Waals surface area contributed by atoms with E-state index in [0.717, 1.165) is 24.2 Å². The number of benzene rings is 2. The number of halogens is 1. The van der Waals surface area contributed by atoms with Gasteiger partial charge in [-0.3, -0.25) is 4.79 Å². The molecule has 1 aliphatic heterocycles. The van der Waals surface area contributed by atoms with E-state index in [1.165, 1.54) is 0 Å². The molecule has 1 saturated carbocycles. The molecular formula is C22H20ClN3O4. The molecule has 7 nitrogen and oxygen atoms in total. The van der Waals surface area contributed by atoms with Crippen LogP contribution in [0.25, 0.3) is 11.5 Å². The van der Waals surface area contributed by atoms with Crippen molar-refractivity contribution in [1.82, 2.24) is 15.1 Å². The third-order valence-electron chi connectivity index (χ3n) is 5.15. The molecule has 1 fully saturated rings. The molecule has 0 unspecified atom stereocenters. The van der Waals surface area contributed by atoms with Gasteiger partial charge >= 0.3 is 0 Å². The van der Waals surface area contributed by atoms with Gasteiger partial charge in [-0.15, -0.1) is 10.2 Å². The lowest BCUT2D eigenvalue weighted by Crippen LogP contribution is -2.34. The highest BCUT2D eigenvalue weighted by Gasteiger charge is 2.34. The monoisotopic (exact) mass is 425 g/mol. The summed E-state index contributed by atoms with van der Waals surface area (Å²) in [5.74, 6) is 2.17. The van der Waals surface area contributed by atoms with Crippen LogP contribution >= 0.6 is 11.6 Å². The van der Waals surface area contributed by atoms with E-state index in [9.17, 15) is 4.79 Å². The summed E-state index contributed by atoms with van der Waals surface area (Å²) in [6.07, 6.45) is 2.25. The van der Waals surface area contributed by atoms with E-state index in [2.05, 4.69) is 10.2 Å². The van der Waals surface area contributed by atoms with Crippen molar-refractivity contribution in [3.8, 4) is 23.0 Å². The second kappa shape index (κ2) is 7.99. The number of nitrogens with zero attached hydrogens (tertiary/aromatic N) is 3. The number of rotatable bonds is 6. The van der Waals surface area contributed by atoms with Crippen molar-refractivity contribution in [2.24, 2.45) is 0 Å². The Morgan fingerprint density at radius 1 is 1.07 bits per heavy atom. The summed E-state index contributed by atoms with van der Waals surface area (Å²) in [6, 6.07) is 13.1. The number of hydrogen-bond donors (Lipinski definition) is 0. The zero-order chi connectivity index (χ0) is 20.5. The summed E-state index contributed by atoms with van der Waals surface area (Å²) < 4.78 is 17.0. The first kappa shape index (κ1) is 18.9. The fourth-order valence-electron chi connectivity index (χ4n) is 3.49. The highest BCUT2D eigenvalue weighted by molar-refractivity contribution is 6.33. The van der Waals surface area contributed by atoms with Crippen LogP contribution in [0.15, 0.2) is 46.9 Å². The van der Waals surface area contributed by atoms with Crippen molar-refractivity contribution in [2.75, 3.05) is 13.2 Å². The minimum Gasteiger partial charge on any atom is -0.486 e. The largest absolute Gasteiger partial charge is 0.486 e. The second-order valence-corrected chi connectivity index (χ2v) is 7.80. The molecule has 0 N–H and O–H groups in total. The first-order chi connectivity index (χ1) is 14.7. The lowest BCUT2D eigenvalue weighted by molar-refractivity contribution is -0.132. The highest BCUT2D eigenvalue weighted by atomic mass is 35.5. The van der Waals surface area contributed by atoms with Crippen molar-refractivity contribution in [2.45, 2.75) is 31.8 Å². The van der Waals surface area contributed by atoms with Gasteiger partial charge in [0.15, 0.2) is 11.5 Å². The minimum atomic E-state index is 0.0201. The summed E-state index contributed by atoms with van der Waals surface area (Å²) in [5, 5.41) is 8.77. The van der Waals surface area contributed by atoms with Crippen molar-refractivity contribution in [3.05, 3.63) is 58.9 Å². The molecule has 1 aliphatic carbocycles. The quantitative estimate of drug-likeness (QED) is 0.596. The fraction of sp³-hybridized carbons (Fsp3) is 0.318. The van der Waals surface area contributed by atoms with E-state index in [4.69, 9.17) is 25.5 Å². The van der Waals surface area contributed by atoms with E-state index in [1.807, 2.05) is 41.3 Å². The smallest absolute Gasteiger partial charge is 0.249 e. The number of carbonyl (C=O) groups excluding carboxylic acids is 1. The van der Waals surface area contributed by atoms with Gasteiger partial charge in [0.25, 0.3) is 0 Å².